The lowest BCUT2D eigenvalue weighted by Gasteiger charge is -2.15. The molecule has 0 aliphatic carbocycles. The van der Waals surface area contributed by atoms with Crippen LogP contribution in [0.15, 0.2) is 30.5 Å². The molecule has 0 saturated heterocycles. The molecule has 0 amide bonds. The Bertz CT molecular complexity index is 867. The van der Waals surface area contributed by atoms with E-state index in [1.807, 2.05) is 16.9 Å². The fraction of sp³-hybridized carbons (Fsp3) is 0.368. The molecule has 5 nitrogen and oxygen atoms in total. The van der Waals surface area contributed by atoms with Crippen LogP contribution < -0.4 is 4.74 Å². The first-order chi connectivity index (χ1) is 11.5. The zero-order valence-corrected chi connectivity index (χ0v) is 15.0. The highest BCUT2D eigenvalue weighted by molar-refractivity contribution is 5.81. The molecule has 2 aromatic heterocycles. The third-order valence-electron chi connectivity index (χ3n) is 4.15. The van der Waals surface area contributed by atoms with Gasteiger partial charge in [-0.2, -0.15) is 5.10 Å². The van der Waals surface area contributed by atoms with E-state index in [9.17, 15) is 0 Å². The Hall–Kier alpha value is -2.40. The molecule has 0 N–H and O–H groups in total. The Balaban J connectivity index is 2.10. The number of fused-ring (bicyclic) bond motifs is 1. The van der Waals surface area contributed by atoms with Crippen LogP contribution in [-0.2, 0) is 13.1 Å². The van der Waals surface area contributed by atoms with Crippen molar-refractivity contribution in [2.24, 2.45) is 0 Å². The summed E-state index contributed by atoms with van der Waals surface area (Å²) in [5.74, 6) is 0.907. The van der Waals surface area contributed by atoms with Crippen molar-refractivity contribution in [1.29, 1.82) is 0 Å². The number of hydrogen-bond acceptors (Lipinski definition) is 4. The molecule has 5 heteroatoms. The molecule has 0 atom stereocenters. The summed E-state index contributed by atoms with van der Waals surface area (Å²) >= 11 is 0. The second-order valence-corrected chi connectivity index (χ2v) is 6.28. The highest BCUT2D eigenvalue weighted by atomic mass is 16.5. The molecule has 0 saturated carbocycles. The number of pyridine rings is 1. The maximum Gasteiger partial charge on any atom is 0.123 e. The predicted molar refractivity (Wildman–Crippen MR) is 97.3 cm³/mol. The van der Waals surface area contributed by atoms with Crippen LogP contribution in [0, 0.1) is 6.92 Å². The number of ether oxygens (including phenoxy) is 1. The lowest BCUT2D eigenvalue weighted by Crippen LogP contribution is -2.11. The molecular weight excluding hydrogens is 300 g/mol. The van der Waals surface area contributed by atoms with Gasteiger partial charge in [0.2, 0.25) is 0 Å². The second-order valence-electron chi connectivity index (χ2n) is 6.28. The number of methoxy groups -OCH3 is 1. The molecule has 0 unspecified atom stereocenters. The molecule has 3 rings (SSSR count). The number of nitrogens with zero attached hydrogens (tertiary/aromatic N) is 4. The van der Waals surface area contributed by atoms with Crippen molar-refractivity contribution in [3.8, 4) is 17.0 Å². The topological polar surface area (TPSA) is 43.2 Å². The summed E-state index contributed by atoms with van der Waals surface area (Å²) < 4.78 is 7.48. The molecular formula is C19H24N4O. The Morgan fingerprint density at radius 3 is 2.67 bits per heavy atom. The fourth-order valence-electron chi connectivity index (χ4n) is 3.09. The molecule has 0 aliphatic heterocycles. The minimum absolute atomic E-state index is 0.825. The molecule has 3 aromatic rings. The average molecular weight is 324 g/mol. The van der Waals surface area contributed by atoms with Gasteiger partial charge in [0.1, 0.15) is 11.3 Å². The van der Waals surface area contributed by atoms with E-state index >= 15 is 0 Å². The van der Waals surface area contributed by atoms with Gasteiger partial charge in [-0.1, -0.05) is 0 Å². The summed E-state index contributed by atoms with van der Waals surface area (Å²) in [6.07, 6.45) is 1.85. The monoisotopic (exact) mass is 324 g/mol. The third kappa shape index (κ3) is 2.99. The van der Waals surface area contributed by atoms with Gasteiger partial charge in [-0.15, -0.1) is 0 Å². The lowest BCUT2D eigenvalue weighted by molar-refractivity contribution is 0.372. The molecule has 0 spiro atoms. The van der Waals surface area contributed by atoms with Gasteiger partial charge in [0.15, 0.2) is 0 Å². The van der Waals surface area contributed by atoms with Crippen molar-refractivity contribution in [3.05, 3.63) is 41.6 Å². The van der Waals surface area contributed by atoms with Crippen molar-refractivity contribution in [1.82, 2.24) is 19.7 Å². The Morgan fingerprint density at radius 2 is 2.00 bits per heavy atom. The van der Waals surface area contributed by atoms with Crippen LogP contribution >= 0.6 is 0 Å². The summed E-state index contributed by atoms with van der Waals surface area (Å²) in [7, 11) is 5.82. The van der Waals surface area contributed by atoms with Crippen LogP contribution in [0.25, 0.3) is 22.3 Å². The van der Waals surface area contributed by atoms with Crippen molar-refractivity contribution in [2.75, 3.05) is 21.2 Å². The first-order valence-electron chi connectivity index (χ1n) is 8.18. The summed E-state index contributed by atoms with van der Waals surface area (Å²) in [6.45, 7) is 5.88. The van der Waals surface area contributed by atoms with E-state index in [-0.39, 0.29) is 0 Å². The highest BCUT2D eigenvalue weighted by Gasteiger charge is 2.12. The number of rotatable bonds is 5. The quantitative estimate of drug-likeness (QED) is 0.720. The van der Waals surface area contributed by atoms with E-state index in [4.69, 9.17) is 9.72 Å². The summed E-state index contributed by atoms with van der Waals surface area (Å²) in [4.78, 5) is 6.95. The molecule has 0 aliphatic rings. The maximum atomic E-state index is 5.49. The van der Waals surface area contributed by atoms with Crippen LogP contribution in [-0.4, -0.2) is 40.9 Å². The highest BCUT2D eigenvalue weighted by Crippen LogP contribution is 2.29. The first-order valence-corrected chi connectivity index (χ1v) is 8.18. The Kier molecular flexibility index (Phi) is 4.53. The third-order valence-corrected chi connectivity index (χ3v) is 4.15. The second kappa shape index (κ2) is 6.61. The molecule has 1 aromatic carbocycles. The summed E-state index contributed by atoms with van der Waals surface area (Å²) in [5.41, 5.74) is 6.48. The smallest absolute Gasteiger partial charge is 0.123 e. The van der Waals surface area contributed by atoms with E-state index < -0.39 is 0 Å². The van der Waals surface area contributed by atoms with Gasteiger partial charge in [-0.05, 0) is 57.8 Å². The van der Waals surface area contributed by atoms with Crippen LogP contribution in [0.1, 0.15) is 18.1 Å². The Labute approximate surface area is 142 Å². The van der Waals surface area contributed by atoms with Crippen molar-refractivity contribution >= 4 is 11.0 Å². The largest absolute Gasteiger partial charge is 0.496 e. The number of aryl methyl sites for hydroxylation is 2. The van der Waals surface area contributed by atoms with Crippen molar-refractivity contribution in [2.45, 2.75) is 26.9 Å². The number of hydrogen-bond donors (Lipinski definition) is 0. The predicted octanol–water partition coefficient (Wildman–Crippen LogP) is 3.50. The van der Waals surface area contributed by atoms with Gasteiger partial charge < -0.3 is 9.64 Å². The standard InChI is InChI=1S/C19H24N4O/c1-6-23-19-13(2)9-16(21-17(19)11-20-23)14-7-8-18(24-5)15(10-14)12-22(3)4/h7-11H,6,12H2,1-5H3. The summed E-state index contributed by atoms with van der Waals surface area (Å²) in [6, 6.07) is 8.38. The lowest BCUT2D eigenvalue weighted by atomic mass is 10.0. The molecule has 2 heterocycles. The van der Waals surface area contributed by atoms with Crippen molar-refractivity contribution < 1.29 is 4.74 Å². The van der Waals surface area contributed by atoms with E-state index in [1.165, 1.54) is 5.56 Å². The van der Waals surface area contributed by atoms with Crippen LogP contribution in [0.5, 0.6) is 5.75 Å². The van der Waals surface area contributed by atoms with Gasteiger partial charge >= 0.3 is 0 Å². The van der Waals surface area contributed by atoms with E-state index in [0.717, 1.165) is 46.7 Å². The molecule has 24 heavy (non-hydrogen) atoms. The minimum Gasteiger partial charge on any atom is -0.496 e. The normalized spacial score (nSPS) is 11.4. The molecule has 0 radical (unpaired) electrons. The van der Waals surface area contributed by atoms with Crippen LogP contribution in [0.2, 0.25) is 0 Å². The van der Waals surface area contributed by atoms with Gasteiger partial charge in [0, 0.05) is 24.2 Å². The maximum absolute atomic E-state index is 5.49. The zero-order valence-electron chi connectivity index (χ0n) is 15.0. The van der Waals surface area contributed by atoms with Crippen LogP contribution in [0.4, 0.5) is 0 Å². The van der Waals surface area contributed by atoms with Crippen molar-refractivity contribution in [3.63, 3.8) is 0 Å². The Morgan fingerprint density at radius 1 is 1.21 bits per heavy atom. The zero-order chi connectivity index (χ0) is 17.3. The molecule has 0 fully saturated rings. The fourth-order valence-corrected chi connectivity index (χ4v) is 3.09. The minimum atomic E-state index is 0.825. The van der Waals surface area contributed by atoms with E-state index in [2.05, 4.69) is 56.1 Å². The molecule has 126 valence electrons. The van der Waals surface area contributed by atoms with Gasteiger partial charge in [-0.3, -0.25) is 4.68 Å². The number of benzene rings is 1. The molecule has 0 bridgehead atoms. The van der Waals surface area contributed by atoms with E-state index in [1.54, 1.807) is 7.11 Å². The summed E-state index contributed by atoms with van der Waals surface area (Å²) in [5, 5.41) is 4.42. The van der Waals surface area contributed by atoms with Gasteiger partial charge in [0.25, 0.3) is 0 Å². The first kappa shape index (κ1) is 16.5. The van der Waals surface area contributed by atoms with Gasteiger partial charge in [-0.25, -0.2) is 4.98 Å². The SMILES string of the molecule is CCn1ncc2nc(-c3ccc(OC)c(CN(C)C)c3)cc(C)c21. The van der Waals surface area contributed by atoms with Gasteiger partial charge in [0.05, 0.1) is 24.5 Å². The average Bonchev–Trinajstić information content (AvgIpc) is 2.98. The number of aromatic nitrogens is 3. The van der Waals surface area contributed by atoms with Crippen LogP contribution in [0.3, 0.4) is 0 Å². The van der Waals surface area contributed by atoms with E-state index in [0.29, 0.717) is 0 Å².